The first kappa shape index (κ1) is 12.9. The summed E-state index contributed by atoms with van der Waals surface area (Å²) in [6.07, 6.45) is 1.52. The van der Waals surface area contributed by atoms with Crippen LogP contribution >= 0.6 is 0 Å². The topological polar surface area (TPSA) is 101 Å². The fourth-order valence-electron chi connectivity index (χ4n) is 1.85. The molecule has 21 heavy (non-hydrogen) atoms. The van der Waals surface area contributed by atoms with Gasteiger partial charge in [0, 0.05) is 5.56 Å². The SMILES string of the molecule is O=C1N=c2ccc(C(=O)NCc3ccco3)cc2=NC1=O. The molecule has 0 saturated carbocycles. The fraction of sp³-hybridized carbons (Fsp3) is 0.0714. The molecule has 0 aliphatic carbocycles. The van der Waals surface area contributed by atoms with E-state index >= 15 is 0 Å². The third kappa shape index (κ3) is 2.62. The molecule has 0 radical (unpaired) electrons. The Morgan fingerprint density at radius 2 is 1.86 bits per heavy atom. The molecule has 7 nitrogen and oxygen atoms in total. The van der Waals surface area contributed by atoms with Crippen LogP contribution in [0.1, 0.15) is 16.1 Å². The Kier molecular flexibility index (Phi) is 3.15. The second-order valence-corrected chi connectivity index (χ2v) is 4.30. The monoisotopic (exact) mass is 283 g/mol. The van der Waals surface area contributed by atoms with Crippen molar-refractivity contribution in [2.45, 2.75) is 6.54 Å². The second-order valence-electron chi connectivity index (χ2n) is 4.30. The number of amides is 3. The molecule has 0 spiro atoms. The Bertz CT molecular complexity index is 853. The highest BCUT2D eigenvalue weighted by molar-refractivity contribution is 6.36. The van der Waals surface area contributed by atoms with Crippen LogP contribution in [0.3, 0.4) is 0 Å². The molecule has 7 heteroatoms. The number of hydrogen-bond donors (Lipinski definition) is 1. The Morgan fingerprint density at radius 3 is 2.57 bits per heavy atom. The lowest BCUT2D eigenvalue weighted by molar-refractivity contribution is -0.135. The van der Waals surface area contributed by atoms with Crippen molar-refractivity contribution in [1.29, 1.82) is 0 Å². The number of hydrogen-bond acceptors (Lipinski definition) is 4. The smallest absolute Gasteiger partial charge is 0.338 e. The van der Waals surface area contributed by atoms with Gasteiger partial charge in [0.05, 0.1) is 23.5 Å². The van der Waals surface area contributed by atoms with Crippen molar-refractivity contribution in [3.63, 3.8) is 0 Å². The minimum Gasteiger partial charge on any atom is -0.467 e. The highest BCUT2D eigenvalue weighted by Crippen LogP contribution is 2.00. The third-order valence-corrected chi connectivity index (χ3v) is 2.87. The number of carbonyl (C=O) groups excluding carboxylic acids is 3. The van der Waals surface area contributed by atoms with Gasteiger partial charge in [-0.05, 0) is 30.3 Å². The lowest BCUT2D eigenvalue weighted by Gasteiger charge is -2.04. The van der Waals surface area contributed by atoms with Crippen molar-refractivity contribution in [1.82, 2.24) is 5.32 Å². The molecule has 0 fully saturated rings. The first-order chi connectivity index (χ1) is 10.1. The van der Waals surface area contributed by atoms with Crippen molar-refractivity contribution in [3.05, 3.63) is 58.6 Å². The Morgan fingerprint density at radius 1 is 1.10 bits per heavy atom. The van der Waals surface area contributed by atoms with Gasteiger partial charge in [-0.3, -0.25) is 14.4 Å². The summed E-state index contributed by atoms with van der Waals surface area (Å²) in [5, 5.41) is 3.16. The number of nitrogens with one attached hydrogen (secondary N) is 1. The van der Waals surface area contributed by atoms with Crippen molar-refractivity contribution in [3.8, 4) is 0 Å². The summed E-state index contributed by atoms with van der Waals surface area (Å²) in [6, 6.07) is 7.87. The summed E-state index contributed by atoms with van der Waals surface area (Å²) in [5.74, 6) is -1.55. The highest BCUT2D eigenvalue weighted by atomic mass is 16.3. The first-order valence-electron chi connectivity index (χ1n) is 6.10. The van der Waals surface area contributed by atoms with Crippen LogP contribution in [0.4, 0.5) is 0 Å². The number of benzene rings is 1. The summed E-state index contributed by atoms with van der Waals surface area (Å²) in [6.45, 7) is 0.252. The van der Waals surface area contributed by atoms with Crippen LogP contribution in [0.2, 0.25) is 0 Å². The molecule has 2 heterocycles. The van der Waals surface area contributed by atoms with E-state index in [0.717, 1.165) is 0 Å². The van der Waals surface area contributed by atoms with E-state index in [2.05, 4.69) is 15.3 Å². The number of furan rings is 1. The van der Waals surface area contributed by atoms with Crippen LogP contribution in [0.15, 0.2) is 51.0 Å². The molecule has 3 amide bonds. The Balaban J connectivity index is 1.84. The van der Waals surface area contributed by atoms with Crippen LogP contribution in [-0.2, 0) is 16.1 Å². The van der Waals surface area contributed by atoms with E-state index in [0.29, 0.717) is 11.3 Å². The van der Waals surface area contributed by atoms with E-state index < -0.39 is 11.8 Å². The summed E-state index contributed by atoms with van der Waals surface area (Å²) in [5.41, 5.74) is 0.321. The summed E-state index contributed by atoms with van der Waals surface area (Å²) in [4.78, 5) is 41.5. The summed E-state index contributed by atoms with van der Waals surface area (Å²) < 4.78 is 5.11. The van der Waals surface area contributed by atoms with Gasteiger partial charge in [-0.15, -0.1) is 0 Å². The Hall–Kier alpha value is -3.09. The summed E-state index contributed by atoms with van der Waals surface area (Å²) >= 11 is 0. The quantitative estimate of drug-likeness (QED) is 0.768. The van der Waals surface area contributed by atoms with Crippen molar-refractivity contribution in [2.24, 2.45) is 9.98 Å². The molecule has 1 N–H and O–H groups in total. The number of rotatable bonds is 3. The maximum absolute atomic E-state index is 12.0. The fourth-order valence-corrected chi connectivity index (χ4v) is 1.85. The van der Waals surface area contributed by atoms with Gasteiger partial charge in [-0.1, -0.05) is 0 Å². The maximum Gasteiger partial charge on any atom is 0.338 e. The van der Waals surface area contributed by atoms with Gasteiger partial charge < -0.3 is 9.73 Å². The predicted octanol–water partition coefficient (Wildman–Crippen LogP) is -0.484. The molecule has 1 aliphatic heterocycles. The van der Waals surface area contributed by atoms with Gasteiger partial charge in [0.15, 0.2) is 0 Å². The van der Waals surface area contributed by atoms with Gasteiger partial charge in [0.2, 0.25) is 0 Å². The predicted molar refractivity (Wildman–Crippen MR) is 68.6 cm³/mol. The van der Waals surface area contributed by atoms with Crippen LogP contribution in [0.25, 0.3) is 0 Å². The number of nitrogens with zero attached hydrogens (tertiary/aromatic N) is 2. The summed E-state index contributed by atoms with van der Waals surface area (Å²) in [7, 11) is 0. The van der Waals surface area contributed by atoms with Gasteiger partial charge in [0.25, 0.3) is 5.91 Å². The molecular weight excluding hydrogens is 274 g/mol. The molecule has 104 valence electrons. The molecule has 0 bridgehead atoms. The normalized spacial score (nSPS) is 13.1. The van der Waals surface area contributed by atoms with Gasteiger partial charge in [0.1, 0.15) is 5.76 Å². The third-order valence-electron chi connectivity index (χ3n) is 2.87. The lowest BCUT2D eigenvalue weighted by Crippen LogP contribution is -2.35. The van der Waals surface area contributed by atoms with Gasteiger partial charge in [-0.2, -0.15) is 0 Å². The highest BCUT2D eigenvalue weighted by Gasteiger charge is 2.16. The van der Waals surface area contributed by atoms with Crippen LogP contribution in [0, 0.1) is 0 Å². The molecular formula is C14H9N3O4. The zero-order valence-electron chi connectivity index (χ0n) is 10.7. The zero-order chi connectivity index (χ0) is 14.8. The van der Waals surface area contributed by atoms with Crippen LogP contribution < -0.4 is 16.0 Å². The van der Waals surface area contributed by atoms with E-state index in [1.165, 1.54) is 24.5 Å². The van der Waals surface area contributed by atoms with Crippen molar-refractivity contribution in [2.75, 3.05) is 0 Å². The van der Waals surface area contributed by atoms with E-state index in [-0.39, 0.29) is 23.2 Å². The van der Waals surface area contributed by atoms with E-state index in [1.807, 2.05) is 0 Å². The first-order valence-corrected chi connectivity index (χ1v) is 6.10. The number of carbonyl (C=O) groups is 3. The van der Waals surface area contributed by atoms with Crippen molar-refractivity contribution >= 4 is 17.7 Å². The average molecular weight is 283 g/mol. The molecule has 3 rings (SSSR count). The molecule has 1 aromatic heterocycles. The minimum atomic E-state index is -0.935. The average Bonchev–Trinajstić information content (AvgIpc) is 2.99. The lowest BCUT2D eigenvalue weighted by atomic mass is 10.2. The van der Waals surface area contributed by atoms with E-state index in [9.17, 15) is 14.4 Å². The van der Waals surface area contributed by atoms with Gasteiger partial charge >= 0.3 is 11.8 Å². The molecule has 0 saturated heterocycles. The largest absolute Gasteiger partial charge is 0.467 e. The van der Waals surface area contributed by atoms with E-state index in [1.54, 1.807) is 12.1 Å². The maximum atomic E-state index is 12.0. The van der Waals surface area contributed by atoms with Crippen molar-refractivity contribution < 1.29 is 18.8 Å². The van der Waals surface area contributed by atoms with Crippen LogP contribution in [-0.4, -0.2) is 17.7 Å². The minimum absolute atomic E-state index is 0.213. The van der Waals surface area contributed by atoms with Gasteiger partial charge in [-0.25, -0.2) is 9.98 Å². The zero-order valence-corrected chi connectivity index (χ0v) is 10.7. The standard InChI is InChI=1S/C14H9N3O4/c18-12(15-7-9-2-1-5-21-9)8-3-4-10-11(6-8)17-14(20)13(19)16-10/h1-6H,7H2,(H,15,18). The molecule has 0 unspecified atom stereocenters. The molecule has 1 aliphatic rings. The second kappa shape index (κ2) is 5.12. The number of fused-ring (bicyclic) bond motifs is 1. The van der Waals surface area contributed by atoms with Crippen LogP contribution in [0.5, 0.6) is 0 Å². The molecule has 2 aromatic rings. The Labute approximate surface area is 118 Å². The molecule has 1 aromatic carbocycles. The van der Waals surface area contributed by atoms with E-state index in [4.69, 9.17) is 4.42 Å². The molecule has 0 atom stereocenters.